The van der Waals surface area contributed by atoms with Crippen LogP contribution in [0.1, 0.15) is 31.2 Å². The maximum absolute atomic E-state index is 12.1. The SMILES string of the molecule is Cc1cc(C[NH+]2CC[NH+]([C@@H](C)C(=O)NC3CC3)CC2)no1. The van der Waals surface area contributed by atoms with E-state index in [0.29, 0.717) is 6.04 Å². The van der Waals surface area contributed by atoms with E-state index in [1.807, 2.05) is 13.0 Å². The molecular formula is C15H26N4O2+2. The zero-order valence-electron chi connectivity index (χ0n) is 12.9. The van der Waals surface area contributed by atoms with Gasteiger partial charge in [-0.1, -0.05) is 5.16 Å². The van der Waals surface area contributed by atoms with Crippen LogP contribution in [0.2, 0.25) is 0 Å². The van der Waals surface area contributed by atoms with Crippen molar-refractivity contribution in [2.45, 2.75) is 45.3 Å². The van der Waals surface area contributed by atoms with Crippen molar-refractivity contribution >= 4 is 5.91 Å². The number of amides is 1. The van der Waals surface area contributed by atoms with Crippen LogP contribution in [-0.2, 0) is 11.3 Å². The van der Waals surface area contributed by atoms with Crippen LogP contribution in [0.5, 0.6) is 0 Å². The van der Waals surface area contributed by atoms with Crippen LogP contribution in [-0.4, -0.2) is 49.3 Å². The maximum atomic E-state index is 12.1. The summed E-state index contributed by atoms with van der Waals surface area (Å²) in [7, 11) is 0. The number of hydrogen-bond donors (Lipinski definition) is 3. The molecule has 116 valence electrons. The van der Waals surface area contributed by atoms with Gasteiger partial charge in [0.25, 0.3) is 5.91 Å². The van der Waals surface area contributed by atoms with Gasteiger partial charge in [0.2, 0.25) is 0 Å². The first-order valence-electron chi connectivity index (χ1n) is 8.02. The van der Waals surface area contributed by atoms with Crippen LogP contribution >= 0.6 is 0 Å². The predicted molar refractivity (Wildman–Crippen MR) is 77.0 cm³/mol. The van der Waals surface area contributed by atoms with Gasteiger partial charge in [-0.2, -0.15) is 0 Å². The Kier molecular flexibility index (Phi) is 4.26. The molecular weight excluding hydrogens is 268 g/mol. The molecule has 21 heavy (non-hydrogen) atoms. The lowest BCUT2D eigenvalue weighted by molar-refractivity contribution is -1.02. The number of nitrogens with zero attached hydrogens (tertiary/aromatic N) is 1. The molecule has 3 N–H and O–H groups in total. The van der Waals surface area contributed by atoms with E-state index in [4.69, 9.17) is 4.52 Å². The standard InChI is InChI=1S/C15H24N4O2/c1-11-9-14(17-21-11)10-18-5-7-19(8-6-18)12(2)15(20)16-13-3-4-13/h9,12-13H,3-8,10H2,1-2H3,(H,16,20)/p+2/t12-/m0/s1. The molecule has 1 aromatic heterocycles. The molecule has 1 saturated carbocycles. The Balaban J connectivity index is 1.44. The first-order chi connectivity index (χ1) is 10.1. The van der Waals surface area contributed by atoms with Crippen LogP contribution in [0, 0.1) is 6.92 Å². The first kappa shape index (κ1) is 14.5. The molecule has 2 heterocycles. The van der Waals surface area contributed by atoms with Crippen molar-refractivity contribution in [1.29, 1.82) is 0 Å². The molecule has 6 heteroatoms. The lowest BCUT2D eigenvalue weighted by Gasteiger charge is -2.32. The molecule has 1 atom stereocenters. The molecule has 6 nitrogen and oxygen atoms in total. The minimum atomic E-state index is 0.0708. The van der Waals surface area contributed by atoms with Gasteiger partial charge in [-0.3, -0.25) is 4.79 Å². The highest BCUT2D eigenvalue weighted by Gasteiger charge is 2.33. The Morgan fingerprint density at radius 3 is 2.71 bits per heavy atom. The van der Waals surface area contributed by atoms with Crippen molar-refractivity contribution in [2.24, 2.45) is 0 Å². The van der Waals surface area contributed by atoms with Crippen molar-refractivity contribution < 1.29 is 19.1 Å². The summed E-state index contributed by atoms with van der Waals surface area (Å²) in [6, 6.07) is 2.54. The van der Waals surface area contributed by atoms with Crippen LogP contribution < -0.4 is 15.1 Å². The number of rotatable bonds is 5. The summed E-state index contributed by atoms with van der Waals surface area (Å²) in [6.07, 6.45) is 2.31. The van der Waals surface area contributed by atoms with E-state index in [9.17, 15) is 4.79 Å². The number of aromatic nitrogens is 1. The van der Waals surface area contributed by atoms with Gasteiger partial charge < -0.3 is 19.6 Å². The maximum Gasteiger partial charge on any atom is 0.278 e. The molecule has 0 spiro atoms. The van der Waals surface area contributed by atoms with Crippen molar-refractivity contribution in [3.05, 3.63) is 17.5 Å². The van der Waals surface area contributed by atoms with Gasteiger partial charge in [-0.05, 0) is 26.7 Å². The first-order valence-corrected chi connectivity index (χ1v) is 8.02. The Hall–Kier alpha value is -1.40. The van der Waals surface area contributed by atoms with E-state index in [1.165, 1.54) is 9.80 Å². The number of piperazine rings is 1. The highest BCUT2D eigenvalue weighted by atomic mass is 16.5. The van der Waals surface area contributed by atoms with Gasteiger partial charge in [0.05, 0.1) is 0 Å². The minimum absolute atomic E-state index is 0.0708. The monoisotopic (exact) mass is 294 g/mol. The molecule has 1 aliphatic carbocycles. The van der Waals surface area contributed by atoms with Gasteiger partial charge in [0, 0.05) is 12.1 Å². The molecule has 3 rings (SSSR count). The van der Waals surface area contributed by atoms with E-state index >= 15 is 0 Å². The molecule has 1 amide bonds. The molecule has 0 aromatic carbocycles. The van der Waals surface area contributed by atoms with Crippen LogP contribution in [0.3, 0.4) is 0 Å². The number of quaternary nitrogens is 2. The van der Waals surface area contributed by atoms with Gasteiger partial charge in [-0.25, -0.2) is 0 Å². The molecule has 0 bridgehead atoms. The second-order valence-electron chi connectivity index (χ2n) is 6.52. The van der Waals surface area contributed by atoms with Crippen molar-refractivity contribution in [2.75, 3.05) is 26.2 Å². The third-order valence-electron chi connectivity index (χ3n) is 4.64. The largest absolute Gasteiger partial charge is 0.361 e. The van der Waals surface area contributed by atoms with Crippen LogP contribution in [0.4, 0.5) is 0 Å². The second-order valence-corrected chi connectivity index (χ2v) is 6.52. The Morgan fingerprint density at radius 1 is 1.43 bits per heavy atom. The third-order valence-corrected chi connectivity index (χ3v) is 4.64. The quantitative estimate of drug-likeness (QED) is 0.585. The van der Waals surface area contributed by atoms with E-state index in [-0.39, 0.29) is 11.9 Å². The average molecular weight is 294 g/mol. The van der Waals surface area contributed by atoms with Crippen LogP contribution in [0.15, 0.2) is 10.6 Å². The number of hydrogen-bond acceptors (Lipinski definition) is 3. The summed E-state index contributed by atoms with van der Waals surface area (Å²) in [6.45, 7) is 9.17. The Bertz CT molecular complexity index is 490. The zero-order chi connectivity index (χ0) is 14.8. The second kappa shape index (κ2) is 6.15. The van der Waals surface area contributed by atoms with Gasteiger partial charge >= 0.3 is 0 Å². The van der Waals surface area contributed by atoms with Crippen molar-refractivity contribution in [3.63, 3.8) is 0 Å². The number of nitrogens with one attached hydrogen (secondary N) is 3. The van der Waals surface area contributed by atoms with Crippen molar-refractivity contribution in [1.82, 2.24) is 10.5 Å². The molecule has 0 unspecified atom stereocenters. The Morgan fingerprint density at radius 2 is 2.14 bits per heavy atom. The third kappa shape index (κ3) is 3.83. The number of aryl methyl sites for hydroxylation is 1. The highest BCUT2D eigenvalue weighted by Crippen LogP contribution is 2.18. The fraction of sp³-hybridized carbons (Fsp3) is 0.733. The average Bonchev–Trinajstić information content (AvgIpc) is 3.20. The molecule has 2 aliphatic rings. The number of carbonyl (C=O) groups is 1. The molecule has 1 aromatic rings. The molecule has 2 fully saturated rings. The fourth-order valence-corrected chi connectivity index (χ4v) is 3.03. The highest BCUT2D eigenvalue weighted by molar-refractivity contribution is 5.80. The van der Waals surface area contributed by atoms with Crippen molar-refractivity contribution in [3.8, 4) is 0 Å². The lowest BCUT2D eigenvalue weighted by atomic mass is 10.2. The predicted octanol–water partition coefficient (Wildman–Crippen LogP) is -2.07. The molecule has 1 saturated heterocycles. The topological polar surface area (TPSA) is 64.0 Å². The summed E-state index contributed by atoms with van der Waals surface area (Å²) >= 11 is 0. The smallest absolute Gasteiger partial charge is 0.278 e. The van der Waals surface area contributed by atoms with E-state index in [0.717, 1.165) is 57.0 Å². The molecule has 1 aliphatic heterocycles. The van der Waals surface area contributed by atoms with Crippen LogP contribution in [0.25, 0.3) is 0 Å². The Labute approximate surface area is 125 Å². The summed E-state index contributed by atoms with van der Waals surface area (Å²) in [5, 5.41) is 7.18. The minimum Gasteiger partial charge on any atom is -0.361 e. The summed E-state index contributed by atoms with van der Waals surface area (Å²) in [5.41, 5.74) is 1.03. The van der Waals surface area contributed by atoms with Gasteiger partial charge in [0.1, 0.15) is 44.2 Å². The van der Waals surface area contributed by atoms with E-state index < -0.39 is 0 Å². The van der Waals surface area contributed by atoms with Gasteiger partial charge in [-0.15, -0.1) is 0 Å². The fourth-order valence-electron chi connectivity index (χ4n) is 3.03. The van der Waals surface area contributed by atoms with Gasteiger partial charge in [0.15, 0.2) is 6.04 Å². The molecule has 0 radical (unpaired) electrons. The summed E-state index contributed by atoms with van der Waals surface area (Å²) in [4.78, 5) is 15.0. The summed E-state index contributed by atoms with van der Waals surface area (Å²) < 4.78 is 5.12. The van der Waals surface area contributed by atoms with E-state index in [1.54, 1.807) is 0 Å². The van der Waals surface area contributed by atoms with E-state index in [2.05, 4.69) is 17.4 Å². The zero-order valence-corrected chi connectivity index (χ0v) is 12.9. The summed E-state index contributed by atoms with van der Waals surface area (Å²) in [5.74, 6) is 1.10. The lowest BCUT2D eigenvalue weighted by Crippen LogP contribution is -3.29. The normalized spacial score (nSPS) is 27.3. The number of carbonyl (C=O) groups excluding carboxylic acids is 1.